The van der Waals surface area contributed by atoms with Crippen molar-refractivity contribution in [3.8, 4) is 0 Å². The lowest BCUT2D eigenvalue weighted by molar-refractivity contribution is -0.124. The third-order valence-corrected chi connectivity index (χ3v) is 5.44. The maximum absolute atomic E-state index is 12.3. The fourth-order valence-electron chi connectivity index (χ4n) is 3.15. The number of hydrogen-bond donors (Lipinski definition) is 1. The van der Waals surface area contributed by atoms with Crippen LogP contribution < -0.4 is 10.2 Å². The van der Waals surface area contributed by atoms with Gasteiger partial charge in [0.15, 0.2) is 0 Å². The van der Waals surface area contributed by atoms with Gasteiger partial charge in [-0.05, 0) is 25.0 Å². The average molecular weight is 358 g/mol. The quantitative estimate of drug-likeness (QED) is 0.905. The second-order valence-corrected chi connectivity index (χ2v) is 7.19. The second kappa shape index (κ2) is 6.89. The van der Waals surface area contributed by atoms with Crippen LogP contribution in [0.5, 0.6) is 0 Å². The lowest BCUT2D eigenvalue weighted by Crippen LogP contribution is -2.26. The molecule has 2 aromatic rings. The van der Waals surface area contributed by atoms with Gasteiger partial charge in [-0.3, -0.25) is 14.9 Å². The number of nitrogens with zero attached hydrogens (tertiary/aromatic N) is 3. The maximum atomic E-state index is 12.3. The van der Waals surface area contributed by atoms with E-state index in [9.17, 15) is 9.59 Å². The Balaban J connectivity index is 1.42. The van der Waals surface area contributed by atoms with Crippen molar-refractivity contribution >= 4 is 34.0 Å². The highest BCUT2D eigenvalue weighted by Crippen LogP contribution is 2.34. The number of amides is 2. The fourth-order valence-corrected chi connectivity index (χ4v) is 3.99. The minimum absolute atomic E-state index is 0.00131. The second-order valence-electron chi connectivity index (χ2n) is 6.18. The van der Waals surface area contributed by atoms with Crippen LogP contribution in [0.1, 0.15) is 30.2 Å². The van der Waals surface area contributed by atoms with Gasteiger partial charge in [-0.1, -0.05) is 29.5 Å². The Morgan fingerprint density at radius 2 is 2.12 bits per heavy atom. The molecule has 0 bridgehead atoms. The minimum Gasteiger partial charge on any atom is -0.368 e. The first-order valence-electron chi connectivity index (χ1n) is 8.32. The zero-order valence-corrected chi connectivity index (χ0v) is 14.4. The van der Waals surface area contributed by atoms with Crippen LogP contribution in [0.25, 0.3) is 0 Å². The fraction of sp³-hybridized carbons (Fsp3) is 0.412. The lowest BCUT2D eigenvalue weighted by atomic mass is 10.1. The predicted octanol–water partition coefficient (Wildman–Crippen LogP) is 2.18. The number of anilines is 2. The van der Waals surface area contributed by atoms with Crippen molar-refractivity contribution in [2.24, 2.45) is 0 Å². The molecule has 130 valence electrons. The molecule has 0 spiro atoms. The highest BCUT2D eigenvalue weighted by atomic mass is 32.1. The largest absolute Gasteiger partial charge is 0.368 e. The van der Waals surface area contributed by atoms with E-state index in [-0.39, 0.29) is 17.7 Å². The van der Waals surface area contributed by atoms with Gasteiger partial charge in [0.25, 0.3) is 5.91 Å². The molecule has 2 amide bonds. The number of nitrogens with one attached hydrogen (secondary N) is 1. The third-order valence-electron chi connectivity index (χ3n) is 4.44. The van der Waals surface area contributed by atoms with Crippen LogP contribution in [-0.2, 0) is 14.3 Å². The lowest BCUT2D eigenvalue weighted by Gasteiger charge is -2.15. The highest BCUT2D eigenvalue weighted by molar-refractivity contribution is 7.15. The van der Waals surface area contributed by atoms with Crippen LogP contribution in [-0.4, -0.2) is 41.3 Å². The number of aromatic nitrogens is 2. The normalized spacial score (nSPS) is 23.2. The number of rotatable bonds is 4. The van der Waals surface area contributed by atoms with E-state index in [0.717, 1.165) is 23.5 Å². The Morgan fingerprint density at radius 3 is 2.88 bits per heavy atom. The maximum Gasteiger partial charge on any atom is 0.255 e. The SMILES string of the molecule is O=C(Nc1nnc(C2CC(=O)N(c3ccccc3)C2)s1)C1CCCO1. The zero-order chi connectivity index (χ0) is 17.2. The van der Waals surface area contributed by atoms with Gasteiger partial charge in [0.2, 0.25) is 11.0 Å². The van der Waals surface area contributed by atoms with E-state index in [1.165, 1.54) is 11.3 Å². The van der Waals surface area contributed by atoms with E-state index < -0.39 is 6.10 Å². The first kappa shape index (κ1) is 16.2. The Bertz CT molecular complexity index is 773. The Morgan fingerprint density at radius 1 is 1.28 bits per heavy atom. The first-order chi connectivity index (χ1) is 12.2. The topological polar surface area (TPSA) is 84.4 Å². The number of carbonyl (C=O) groups is 2. The molecule has 7 nitrogen and oxygen atoms in total. The molecular formula is C17H18N4O3S. The minimum atomic E-state index is -0.394. The zero-order valence-electron chi connectivity index (χ0n) is 13.6. The van der Waals surface area contributed by atoms with Crippen molar-refractivity contribution in [1.29, 1.82) is 0 Å². The van der Waals surface area contributed by atoms with Gasteiger partial charge in [0.05, 0.1) is 0 Å². The van der Waals surface area contributed by atoms with E-state index in [4.69, 9.17) is 4.74 Å². The molecule has 1 aromatic carbocycles. The molecule has 1 aromatic heterocycles. The van der Waals surface area contributed by atoms with E-state index in [1.807, 2.05) is 30.3 Å². The van der Waals surface area contributed by atoms with Gasteiger partial charge in [-0.25, -0.2) is 0 Å². The molecule has 4 rings (SSSR count). The number of benzene rings is 1. The van der Waals surface area contributed by atoms with E-state index in [1.54, 1.807) is 4.90 Å². The Kier molecular flexibility index (Phi) is 4.46. The molecule has 3 heterocycles. The molecule has 2 saturated heterocycles. The molecule has 2 aliphatic rings. The molecule has 2 aliphatic heterocycles. The summed E-state index contributed by atoms with van der Waals surface area (Å²) in [6, 6.07) is 9.61. The summed E-state index contributed by atoms with van der Waals surface area (Å²) in [6.07, 6.45) is 1.65. The molecular weight excluding hydrogens is 340 g/mol. The number of hydrogen-bond acceptors (Lipinski definition) is 6. The predicted molar refractivity (Wildman–Crippen MR) is 93.7 cm³/mol. The molecule has 0 saturated carbocycles. The summed E-state index contributed by atoms with van der Waals surface area (Å²) in [5.74, 6) is -0.0939. The summed E-state index contributed by atoms with van der Waals surface area (Å²) >= 11 is 1.33. The number of carbonyl (C=O) groups excluding carboxylic acids is 2. The molecule has 0 radical (unpaired) electrons. The molecule has 8 heteroatoms. The van der Waals surface area contributed by atoms with Crippen molar-refractivity contribution in [2.75, 3.05) is 23.4 Å². The molecule has 0 aliphatic carbocycles. The van der Waals surface area contributed by atoms with Crippen LogP contribution in [0.2, 0.25) is 0 Å². The molecule has 25 heavy (non-hydrogen) atoms. The van der Waals surface area contributed by atoms with Gasteiger partial charge in [-0.15, -0.1) is 10.2 Å². The standard InChI is InChI=1S/C17H18N4O3S/c22-14-9-11(10-21(14)12-5-2-1-3-6-12)16-19-20-17(25-16)18-15(23)13-7-4-8-24-13/h1-3,5-6,11,13H,4,7-10H2,(H,18,20,23). The monoisotopic (exact) mass is 358 g/mol. The highest BCUT2D eigenvalue weighted by Gasteiger charge is 2.34. The van der Waals surface area contributed by atoms with Gasteiger partial charge in [-0.2, -0.15) is 0 Å². The average Bonchev–Trinajstić information content (AvgIpc) is 3.36. The van der Waals surface area contributed by atoms with Crippen molar-refractivity contribution in [3.63, 3.8) is 0 Å². The Labute approximate surface area is 149 Å². The summed E-state index contributed by atoms with van der Waals surface area (Å²) in [7, 11) is 0. The summed E-state index contributed by atoms with van der Waals surface area (Å²) < 4.78 is 5.36. The number of para-hydroxylation sites is 1. The summed E-state index contributed by atoms with van der Waals surface area (Å²) in [4.78, 5) is 26.2. The van der Waals surface area contributed by atoms with Gasteiger partial charge in [0.1, 0.15) is 11.1 Å². The smallest absolute Gasteiger partial charge is 0.255 e. The van der Waals surface area contributed by atoms with Crippen molar-refractivity contribution in [2.45, 2.75) is 31.3 Å². The summed E-state index contributed by atoms with van der Waals surface area (Å²) in [5.41, 5.74) is 0.895. The molecule has 2 atom stereocenters. The van der Waals surface area contributed by atoms with E-state index in [2.05, 4.69) is 15.5 Å². The van der Waals surface area contributed by atoms with Crippen molar-refractivity contribution in [3.05, 3.63) is 35.3 Å². The van der Waals surface area contributed by atoms with Crippen LogP contribution >= 0.6 is 11.3 Å². The van der Waals surface area contributed by atoms with E-state index >= 15 is 0 Å². The van der Waals surface area contributed by atoms with E-state index in [0.29, 0.717) is 24.7 Å². The van der Waals surface area contributed by atoms with Gasteiger partial charge >= 0.3 is 0 Å². The molecule has 2 fully saturated rings. The van der Waals surface area contributed by atoms with Crippen LogP contribution in [0.4, 0.5) is 10.8 Å². The van der Waals surface area contributed by atoms with Crippen molar-refractivity contribution < 1.29 is 14.3 Å². The summed E-state index contributed by atoms with van der Waals surface area (Å²) in [5, 5.41) is 12.2. The summed E-state index contributed by atoms with van der Waals surface area (Å²) in [6.45, 7) is 1.20. The number of ether oxygens (including phenoxy) is 1. The van der Waals surface area contributed by atoms with Gasteiger partial charge < -0.3 is 9.64 Å². The molecule has 2 unspecified atom stereocenters. The Hall–Kier alpha value is -2.32. The van der Waals surface area contributed by atoms with Gasteiger partial charge in [0, 0.05) is 31.2 Å². The van der Waals surface area contributed by atoms with Crippen LogP contribution in [0.3, 0.4) is 0 Å². The van der Waals surface area contributed by atoms with Crippen LogP contribution in [0, 0.1) is 0 Å². The molecule has 1 N–H and O–H groups in total. The van der Waals surface area contributed by atoms with Crippen LogP contribution in [0.15, 0.2) is 30.3 Å². The third kappa shape index (κ3) is 3.40. The first-order valence-corrected chi connectivity index (χ1v) is 9.13. The van der Waals surface area contributed by atoms with Crippen molar-refractivity contribution in [1.82, 2.24) is 10.2 Å².